The highest BCUT2D eigenvalue weighted by atomic mass is 32.1. The van der Waals surface area contributed by atoms with Crippen LogP contribution in [0.3, 0.4) is 0 Å². The van der Waals surface area contributed by atoms with Crippen molar-refractivity contribution in [3.05, 3.63) is 52.2 Å². The highest BCUT2D eigenvalue weighted by Gasteiger charge is 2.24. The minimum Gasteiger partial charge on any atom is -0.496 e. The highest BCUT2D eigenvalue weighted by molar-refractivity contribution is 7.10. The van der Waals surface area contributed by atoms with Crippen LogP contribution >= 0.6 is 11.3 Å². The minimum atomic E-state index is 0.405. The molecule has 1 aliphatic rings. The van der Waals surface area contributed by atoms with Crippen LogP contribution in [-0.4, -0.2) is 44.1 Å². The lowest BCUT2D eigenvalue weighted by molar-refractivity contribution is 0.249. The van der Waals surface area contributed by atoms with Gasteiger partial charge in [0, 0.05) is 23.5 Å². The van der Waals surface area contributed by atoms with Gasteiger partial charge in [-0.05, 0) is 50.4 Å². The SMILES string of the molecule is CCNC(=NCc1ccccc1OC)NCC(c1cccs1)N1CCCC1. The molecule has 0 aliphatic carbocycles. The number of thiophene rings is 1. The first-order valence-corrected chi connectivity index (χ1v) is 10.6. The van der Waals surface area contributed by atoms with Crippen molar-refractivity contribution in [3.8, 4) is 5.75 Å². The number of rotatable bonds is 8. The molecule has 0 bridgehead atoms. The number of guanidine groups is 1. The van der Waals surface area contributed by atoms with E-state index in [9.17, 15) is 0 Å². The van der Waals surface area contributed by atoms with Crippen LogP contribution in [0.15, 0.2) is 46.8 Å². The van der Waals surface area contributed by atoms with Crippen molar-refractivity contribution in [1.82, 2.24) is 15.5 Å². The van der Waals surface area contributed by atoms with Gasteiger partial charge in [0.2, 0.25) is 0 Å². The second kappa shape index (κ2) is 10.3. The van der Waals surface area contributed by atoms with Crippen molar-refractivity contribution in [3.63, 3.8) is 0 Å². The molecule has 2 heterocycles. The molecule has 1 aromatic carbocycles. The zero-order chi connectivity index (χ0) is 18.9. The van der Waals surface area contributed by atoms with Crippen LogP contribution in [0.25, 0.3) is 0 Å². The topological polar surface area (TPSA) is 48.9 Å². The summed E-state index contributed by atoms with van der Waals surface area (Å²) in [6.07, 6.45) is 2.59. The van der Waals surface area contributed by atoms with Crippen LogP contribution in [-0.2, 0) is 6.54 Å². The molecule has 0 amide bonds. The first-order valence-electron chi connectivity index (χ1n) is 9.73. The van der Waals surface area contributed by atoms with E-state index >= 15 is 0 Å². The molecule has 0 saturated carbocycles. The number of ether oxygens (including phenoxy) is 1. The smallest absolute Gasteiger partial charge is 0.191 e. The van der Waals surface area contributed by atoms with Crippen molar-refractivity contribution in [1.29, 1.82) is 0 Å². The molecule has 146 valence electrons. The summed E-state index contributed by atoms with van der Waals surface area (Å²) in [7, 11) is 1.70. The molecule has 1 saturated heterocycles. The Bertz CT molecular complexity index is 711. The summed E-state index contributed by atoms with van der Waals surface area (Å²) >= 11 is 1.84. The summed E-state index contributed by atoms with van der Waals surface area (Å²) < 4.78 is 5.44. The Morgan fingerprint density at radius 3 is 2.70 bits per heavy atom. The van der Waals surface area contributed by atoms with E-state index in [4.69, 9.17) is 9.73 Å². The van der Waals surface area contributed by atoms with Gasteiger partial charge in [-0.1, -0.05) is 24.3 Å². The molecule has 1 aliphatic heterocycles. The zero-order valence-corrected chi connectivity index (χ0v) is 17.1. The molecule has 6 heteroatoms. The van der Waals surface area contributed by atoms with E-state index in [-0.39, 0.29) is 0 Å². The van der Waals surface area contributed by atoms with Crippen molar-refractivity contribution >= 4 is 17.3 Å². The Labute approximate surface area is 166 Å². The number of aliphatic imine (C=N–C) groups is 1. The van der Waals surface area contributed by atoms with Gasteiger partial charge < -0.3 is 15.4 Å². The number of methoxy groups -OCH3 is 1. The van der Waals surface area contributed by atoms with Gasteiger partial charge in [0.05, 0.1) is 19.7 Å². The summed E-state index contributed by atoms with van der Waals surface area (Å²) in [5.41, 5.74) is 1.09. The van der Waals surface area contributed by atoms with E-state index in [1.54, 1.807) is 7.11 Å². The first-order chi connectivity index (χ1) is 13.3. The Balaban J connectivity index is 1.67. The monoisotopic (exact) mass is 386 g/mol. The van der Waals surface area contributed by atoms with Gasteiger partial charge in [0.1, 0.15) is 5.75 Å². The number of nitrogens with zero attached hydrogens (tertiary/aromatic N) is 2. The predicted molar refractivity (Wildman–Crippen MR) is 114 cm³/mol. The third kappa shape index (κ3) is 5.47. The fraction of sp³-hybridized carbons (Fsp3) is 0.476. The third-order valence-electron chi connectivity index (χ3n) is 4.86. The van der Waals surface area contributed by atoms with E-state index in [1.165, 1.54) is 30.8 Å². The van der Waals surface area contributed by atoms with E-state index in [2.05, 4.69) is 46.0 Å². The van der Waals surface area contributed by atoms with Crippen LogP contribution in [0, 0.1) is 0 Å². The standard InChI is InChI=1S/C21H30N4OS/c1-3-22-21(23-15-17-9-4-5-10-19(17)26-2)24-16-18(20-11-8-14-27-20)25-12-6-7-13-25/h4-5,8-11,14,18H,3,6-7,12-13,15-16H2,1-2H3,(H2,22,23,24). The van der Waals surface area contributed by atoms with Crippen molar-refractivity contribution in [2.75, 3.05) is 33.3 Å². The van der Waals surface area contributed by atoms with E-state index in [0.717, 1.165) is 30.4 Å². The second-order valence-corrected chi connectivity index (χ2v) is 7.64. The van der Waals surface area contributed by atoms with E-state index < -0.39 is 0 Å². The molecule has 2 N–H and O–H groups in total. The van der Waals surface area contributed by atoms with Gasteiger partial charge in [-0.3, -0.25) is 4.90 Å². The molecule has 1 fully saturated rings. The molecule has 0 radical (unpaired) electrons. The Morgan fingerprint density at radius 1 is 1.19 bits per heavy atom. The van der Waals surface area contributed by atoms with Crippen LogP contribution < -0.4 is 15.4 Å². The van der Waals surface area contributed by atoms with Crippen LogP contribution in [0.5, 0.6) is 5.75 Å². The van der Waals surface area contributed by atoms with Gasteiger partial charge in [-0.25, -0.2) is 4.99 Å². The average Bonchev–Trinajstić information content (AvgIpc) is 3.41. The molecule has 5 nitrogen and oxygen atoms in total. The maximum atomic E-state index is 5.44. The number of hydrogen-bond acceptors (Lipinski definition) is 4. The van der Waals surface area contributed by atoms with Crippen molar-refractivity contribution in [2.24, 2.45) is 4.99 Å². The van der Waals surface area contributed by atoms with Gasteiger partial charge in [-0.15, -0.1) is 11.3 Å². The number of para-hydroxylation sites is 1. The summed E-state index contributed by atoms with van der Waals surface area (Å²) in [6, 6.07) is 12.8. The van der Waals surface area contributed by atoms with Gasteiger partial charge in [0.15, 0.2) is 5.96 Å². The van der Waals surface area contributed by atoms with Crippen molar-refractivity contribution in [2.45, 2.75) is 32.4 Å². The largest absolute Gasteiger partial charge is 0.496 e. The minimum absolute atomic E-state index is 0.405. The maximum absolute atomic E-state index is 5.44. The van der Waals surface area contributed by atoms with Crippen LogP contribution in [0.4, 0.5) is 0 Å². The highest BCUT2D eigenvalue weighted by Crippen LogP contribution is 2.27. The molecule has 27 heavy (non-hydrogen) atoms. The van der Waals surface area contributed by atoms with Crippen LogP contribution in [0.1, 0.15) is 36.2 Å². The summed E-state index contributed by atoms with van der Waals surface area (Å²) in [5, 5.41) is 9.09. The Morgan fingerprint density at radius 2 is 2.00 bits per heavy atom. The molecule has 1 unspecified atom stereocenters. The second-order valence-electron chi connectivity index (χ2n) is 6.66. The maximum Gasteiger partial charge on any atom is 0.191 e. The third-order valence-corrected chi connectivity index (χ3v) is 5.83. The zero-order valence-electron chi connectivity index (χ0n) is 16.3. The predicted octanol–water partition coefficient (Wildman–Crippen LogP) is 3.65. The molecule has 3 rings (SSSR count). The quantitative estimate of drug-likeness (QED) is 0.537. The van der Waals surface area contributed by atoms with Gasteiger partial charge in [-0.2, -0.15) is 0 Å². The van der Waals surface area contributed by atoms with Crippen molar-refractivity contribution < 1.29 is 4.74 Å². The molecule has 2 aromatic rings. The average molecular weight is 387 g/mol. The fourth-order valence-electron chi connectivity index (χ4n) is 3.48. The van der Waals surface area contributed by atoms with E-state index in [0.29, 0.717) is 12.6 Å². The number of benzene rings is 1. The molecule has 1 atom stereocenters. The first kappa shape index (κ1) is 19.7. The molecular weight excluding hydrogens is 356 g/mol. The normalized spacial score (nSPS) is 16.3. The van der Waals surface area contributed by atoms with Gasteiger partial charge >= 0.3 is 0 Å². The lowest BCUT2D eigenvalue weighted by Gasteiger charge is -2.27. The fourth-order valence-corrected chi connectivity index (χ4v) is 4.34. The Kier molecular flexibility index (Phi) is 7.54. The van der Waals surface area contributed by atoms with Crippen LogP contribution in [0.2, 0.25) is 0 Å². The lowest BCUT2D eigenvalue weighted by Crippen LogP contribution is -2.42. The Hall–Kier alpha value is -2.05. The number of nitrogens with one attached hydrogen (secondary N) is 2. The number of hydrogen-bond donors (Lipinski definition) is 2. The van der Waals surface area contributed by atoms with Gasteiger partial charge in [0.25, 0.3) is 0 Å². The van der Waals surface area contributed by atoms with E-state index in [1.807, 2.05) is 29.5 Å². The molecule has 0 spiro atoms. The summed E-state index contributed by atoms with van der Waals surface area (Å²) in [5.74, 6) is 1.73. The number of likely N-dealkylation sites (tertiary alicyclic amines) is 1. The molecular formula is C21H30N4OS. The summed E-state index contributed by atoms with van der Waals surface area (Å²) in [6.45, 7) is 6.74. The molecule has 1 aromatic heterocycles. The lowest BCUT2D eigenvalue weighted by atomic mass is 10.2. The summed E-state index contributed by atoms with van der Waals surface area (Å²) in [4.78, 5) is 8.78.